The van der Waals surface area contributed by atoms with Crippen molar-refractivity contribution in [3.05, 3.63) is 36.2 Å². The van der Waals surface area contributed by atoms with E-state index in [0.717, 1.165) is 11.3 Å². The van der Waals surface area contributed by atoms with Crippen molar-refractivity contribution in [2.75, 3.05) is 24.6 Å². The fraction of sp³-hybridized carbons (Fsp3) is 0.471. The molecule has 1 N–H and O–H groups in total. The van der Waals surface area contributed by atoms with Gasteiger partial charge in [-0.05, 0) is 19.1 Å². The summed E-state index contributed by atoms with van der Waals surface area (Å²) < 4.78 is 34.9. The Hall–Kier alpha value is -2.15. The first kappa shape index (κ1) is 15.4. The van der Waals surface area contributed by atoms with Gasteiger partial charge in [0.1, 0.15) is 11.4 Å². The summed E-state index contributed by atoms with van der Waals surface area (Å²) in [5.74, 6) is -2.03. The maximum Gasteiger partial charge on any atom is 0.266 e. The molecule has 3 heterocycles. The molecule has 5 nitrogen and oxygen atoms in total. The minimum absolute atomic E-state index is 0.101. The lowest BCUT2D eigenvalue weighted by atomic mass is 9.99. The lowest BCUT2D eigenvalue weighted by Crippen LogP contribution is -2.34. The van der Waals surface area contributed by atoms with Crippen LogP contribution in [0.2, 0.25) is 0 Å². The van der Waals surface area contributed by atoms with Crippen LogP contribution in [0, 0.1) is 0 Å². The van der Waals surface area contributed by atoms with Crippen molar-refractivity contribution in [3.63, 3.8) is 0 Å². The molecule has 2 aromatic rings. The van der Waals surface area contributed by atoms with Crippen molar-refractivity contribution < 1.29 is 18.6 Å². The summed E-state index contributed by atoms with van der Waals surface area (Å²) >= 11 is 0. The van der Waals surface area contributed by atoms with Gasteiger partial charge in [-0.1, -0.05) is 0 Å². The van der Waals surface area contributed by atoms with E-state index < -0.39 is 11.5 Å². The van der Waals surface area contributed by atoms with Crippen molar-refractivity contribution in [3.8, 4) is 11.4 Å². The summed E-state index contributed by atoms with van der Waals surface area (Å²) in [4.78, 5) is 1.68. The summed E-state index contributed by atoms with van der Waals surface area (Å²) in [6.45, 7) is 1.72. The van der Waals surface area contributed by atoms with E-state index in [4.69, 9.17) is 4.74 Å². The number of anilines is 1. The van der Waals surface area contributed by atoms with Crippen molar-refractivity contribution in [2.45, 2.75) is 31.3 Å². The second-order valence-electron chi connectivity index (χ2n) is 6.81. The van der Waals surface area contributed by atoms with E-state index >= 15 is 0 Å². The summed E-state index contributed by atoms with van der Waals surface area (Å²) in [5.41, 5.74) is 1.71. The molecule has 0 radical (unpaired) electrons. The van der Waals surface area contributed by atoms with Gasteiger partial charge in [0.05, 0.1) is 24.5 Å². The Morgan fingerprint density at radius 1 is 1.33 bits per heavy atom. The molecule has 0 spiro atoms. The Balaban J connectivity index is 1.79. The van der Waals surface area contributed by atoms with Gasteiger partial charge < -0.3 is 14.7 Å². The van der Waals surface area contributed by atoms with Crippen LogP contribution >= 0.6 is 0 Å². The third-order valence-corrected chi connectivity index (χ3v) is 4.67. The van der Waals surface area contributed by atoms with Crippen molar-refractivity contribution >= 4 is 5.69 Å². The normalized spacial score (nSPS) is 24.9. The van der Waals surface area contributed by atoms with Crippen LogP contribution in [0.15, 0.2) is 30.6 Å². The number of alkyl halides is 2. The van der Waals surface area contributed by atoms with Gasteiger partial charge >= 0.3 is 0 Å². The molecule has 2 aliphatic heterocycles. The van der Waals surface area contributed by atoms with Crippen molar-refractivity contribution in [1.82, 2.24) is 9.78 Å². The van der Waals surface area contributed by atoms with E-state index in [1.54, 1.807) is 34.1 Å². The highest BCUT2D eigenvalue weighted by Crippen LogP contribution is 2.42. The number of rotatable bonds is 3. The molecule has 0 bridgehead atoms. The van der Waals surface area contributed by atoms with Gasteiger partial charge in [-0.2, -0.15) is 5.10 Å². The second-order valence-corrected chi connectivity index (χ2v) is 6.81. The minimum atomic E-state index is -2.68. The van der Waals surface area contributed by atoms with E-state index in [1.807, 2.05) is 13.0 Å². The number of halogens is 2. The van der Waals surface area contributed by atoms with Gasteiger partial charge in [-0.15, -0.1) is 0 Å². The largest absolute Gasteiger partial charge is 0.484 e. The average Bonchev–Trinajstić information content (AvgIpc) is 3.23. The van der Waals surface area contributed by atoms with Gasteiger partial charge in [0, 0.05) is 43.4 Å². The smallest absolute Gasteiger partial charge is 0.266 e. The van der Waals surface area contributed by atoms with E-state index in [0.29, 0.717) is 17.9 Å². The molecular weight excluding hydrogens is 316 g/mol. The van der Waals surface area contributed by atoms with Gasteiger partial charge in [0.25, 0.3) is 5.92 Å². The molecule has 2 aliphatic rings. The first-order valence-electron chi connectivity index (χ1n) is 7.99. The SMILES string of the molecule is C[C@]1(CO)Cc2cc(-n3cccn3)c(N3CCC(F)(F)C3)cc2O1. The first-order valence-corrected chi connectivity index (χ1v) is 7.99. The third-order valence-electron chi connectivity index (χ3n) is 4.67. The Morgan fingerprint density at radius 3 is 2.79 bits per heavy atom. The molecular formula is C17H19F2N3O2. The zero-order valence-electron chi connectivity index (χ0n) is 13.4. The van der Waals surface area contributed by atoms with E-state index in [9.17, 15) is 13.9 Å². The van der Waals surface area contributed by atoms with Crippen LogP contribution < -0.4 is 9.64 Å². The van der Waals surface area contributed by atoms with Crippen molar-refractivity contribution in [2.24, 2.45) is 0 Å². The quantitative estimate of drug-likeness (QED) is 0.936. The number of aromatic nitrogens is 2. The maximum atomic E-state index is 13.7. The van der Waals surface area contributed by atoms with Crippen LogP contribution in [0.4, 0.5) is 14.5 Å². The molecule has 128 valence electrons. The molecule has 0 unspecified atom stereocenters. The molecule has 1 fully saturated rings. The number of hydrogen-bond donors (Lipinski definition) is 1. The number of benzene rings is 1. The number of nitrogens with zero attached hydrogens (tertiary/aromatic N) is 3. The fourth-order valence-electron chi connectivity index (χ4n) is 3.42. The molecule has 0 saturated carbocycles. The van der Waals surface area contributed by atoms with Crippen LogP contribution in [0.5, 0.6) is 5.75 Å². The Morgan fingerprint density at radius 2 is 2.17 bits per heavy atom. The zero-order chi connectivity index (χ0) is 16.9. The highest BCUT2D eigenvalue weighted by Gasteiger charge is 2.41. The topological polar surface area (TPSA) is 50.5 Å². The molecule has 0 aliphatic carbocycles. The number of ether oxygens (including phenoxy) is 1. The summed E-state index contributed by atoms with van der Waals surface area (Å²) in [6.07, 6.45) is 3.87. The predicted octanol–water partition coefficient (Wildman–Crippen LogP) is 2.40. The fourth-order valence-corrected chi connectivity index (χ4v) is 3.42. The number of hydrogen-bond acceptors (Lipinski definition) is 4. The van der Waals surface area contributed by atoms with Gasteiger partial charge in [0.2, 0.25) is 0 Å². The van der Waals surface area contributed by atoms with Gasteiger partial charge in [-0.3, -0.25) is 0 Å². The maximum absolute atomic E-state index is 13.7. The van der Waals surface area contributed by atoms with Gasteiger partial charge in [0.15, 0.2) is 0 Å². The Labute approximate surface area is 138 Å². The summed E-state index contributed by atoms with van der Waals surface area (Å²) in [6, 6.07) is 5.52. The zero-order valence-corrected chi connectivity index (χ0v) is 13.4. The van der Waals surface area contributed by atoms with E-state index in [2.05, 4.69) is 5.10 Å². The lowest BCUT2D eigenvalue weighted by Gasteiger charge is -2.23. The van der Waals surface area contributed by atoms with Crippen LogP contribution in [0.3, 0.4) is 0 Å². The molecule has 0 amide bonds. The second kappa shape index (κ2) is 5.17. The minimum Gasteiger partial charge on any atom is -0.484 e. The number of fused-ring (bicyclic) bond motifs is 1. The highest BCUT2D eigenvalue weighted by atomic mass is 19.3. The summed E-state index contributed by atoms with van der Waals surface area (Å²) in [5, 5.41) is 13.8. The van der Waals surface area contributed by atoms with Gasteiger partial charge in [-0.25, -0.2) is 13.5 Å². The standard InChI is InChI=1S/C17H19F2N3O2/c1-16(11-23)9-12-7-14(22-5-2-4-20-22)13(8-15(12)24-16)21-6-3-17(18,19)10-21/h2,4-5,7-8,23H,3,6,9-11H2,1H3/t16-/m1/s1. The third kappa shape index (κ3) is 2.53. The van der Waals surface area contributed by atoms with Crippen LogP contribution in [-0.2, 0) is 6.42 Å². The molecule has 1 aromatic heterocycles. The number of aliphatic hydroxyl groups excluding tert-OH is 1. The number of aliphatic hydroxyl groups is 1. The highest BCUT2D eigenvalue weighted by molar-refractivity contribution is 5.69. The Bertz CT molecular complexity index is 763. The molecule has 4 rings (SSSR count). The van der Waals surface area contributed by atoms with Crippen LogP contribution in [0.25, 0.3) is 5.69 Å². The molecule has 1 saturated heterocycles. The molecule has 24 heavy (non-hydrogen) atoms. The Kier molecular flexibility index (Phi) is 3.32. The van der Waals surface area contributed by atoms with Crippen molar-refractivity contribution in [1.29, 1.82) is 0 Å². The van der Waals surface area contributed by atoms with Crippen LogP contribution in [0.1, 0.15) is 18.9 Å². The molecule has 1 atom stereocenters. The lowest BCUT2D eigenvalue weighted by molar-refractivity contribution is 0.0257. The predicted molar refractivity (Wildman–Crippen MR) is 85.2 cm³/mol. The first-order chi connectivity index (χ1) is 11.4. The molecule has 7 heteroatoms. The average molecular weight is 335 g/mol. The van der Waals surface area contributed by atoms with E-state index in [1.165, 1.54) is 0 Å². The van der Waals surface area contributed by atoms with E-state index in [-0.39, 0.29) is 26.1 Å². The summed E-state index contributed by atoms with van der Waals surface area (Å²) in [7, 11) is 0. The monoisotopic (exact) mass is 335 g/mol. The molecule has 1 aromatic carbocycles. The van der Waals surface area contributed by atoms with Crippen LogP contribution in [-0.4, -0.2) is 46.1 Å².